The van der Waals surface area contributed by atoms with Gasteiger partial charge in [-0.1, -0.05) is 0 Å². The van der Waals surface area contributed by atoms with Gasteiger partial charge in [0.1, 0.15) is 0 Å². The van der Waals surface area contributed by atoms with Crippen LogP contribution < -0.4 is 21.9 Å². The van der Waals surface area contributed by atoms with Gasteiger partial charge in [-0.15, -0.1) is 5.10 Å². The molecule has 1 heterocycles. The Hall–Kier alpha value is -1.67. The molecular formula is C10H19N5O3. The third-order valence-electron chi connectivity index (χ3n) is 2.56. The van der Waals surface area contributed by atoms with E-state index < -0.39 is 11.2 Å². The van der Waals surface area contributed by atoms with Gasteiger partial charge in [0.2, 0.25) is 5.82 Å². The SMILES string of the molecule is COCC(N)CN(C)c1nn(C)c(=O)n(C)c1=O. The molecule has 0 aromatic carbocycles. The molecule has 0 spiro atoms. The van der Waals surface area contributed by atoms with E-state index in [0.717, 1.165) is 9.25 Å². The Morgan fingerprint density at radius 2 is 2.06 bits per heavy atom. The molecule has 1 atom stereocenters. The Labute approximate surface area is 105 Å². The monoisotopic (exact) mass is 257 g/mol. The first-order valence-corrected chi connectivity index (χ1v) is 5.48. The summed E-state index contributed by atoms with van der Waals surface area (Å²) < 4.78 is 7.06. The lowest BCUT2D eigenvalue weighted by atomic mass is 10.3. The zero-order chi connectivity index (χ0) is 13.9. The minimum atomic E-state index is -0.460. The molecule has 0 aliphatic rings. The summed E-state index contributed by atoms with van der Waals surface area (Å²) in [5.74, 6) is 0.186. The molecular weight excluding hydrogens is 238 g/mol. The Kier molecular flexibility index (Phi) is 4.62. The molecule has 1 aromatic rings. The summed E-state index contributed by atoms with van der Waals surface area (Å²) in [4.78, 5) is 25.0. The molecule has 18 heavy (non-hydrogen) atoms. The molecule has 0 aliphatic heterocycles. The number of hydrogen-bond acceptors (Lipinski definition) is 6. The number of anilines is 1. The predicted molar refractivity (Wildman–Crippen MR) is 67.8 cm³/mol. The molecule has 1 rings (SSSR count). The highest BCUT2D eigenvalue weighted by Gasteiger charge is 2.15. The van der Waals surface area contributed by atoms with Gasteiger partial charge in [0.25, 0.3) is 5.56 Å². The van der Waals surface area contributed by atoms with Crippen molar-refractivity contribution in [1.82, 2.24) is 14.3 Å². The number of aromatic nitrogens is 3. The Morgan fingerprint density at radius 3 is 2.61 bits per heavy atom. The van der Waals surface area contributed by atoms with Crippen molar-refractivity contribution < 1.29 is 4.74 Å². The average Bonchev–Trinajstić information content (AvgIpc) is 2.31. The van der Waals surface area contributed by atoms with Crippen LogP contribution in [0.5, 0.6) is 0 Å². The summed E-state index contributed by atoms with van der Waals surface area (Å²) in [6.45, 7) is 0.796. The van der Waals surface area contributed by atoms with Crippen molar-refractivity contribution in [3.63, 3.8) is 0 Å². The van der Waals surface area contributed by atoms with Gasteiger partial charge in [-0.2, -0.15) is 0 Å². The molecule has 1 aromatic heterocycles. The number of methoxy groups -OCH3 is 1. The van der Waals surface area contributed by atoms with Crippen molar-refractivity contribution in [1.29, 1.82) is 0 Å². The Morgan fingerprint density at radius 1 is 1.44 bits per heavy atom. The van der Waals surface area contributed by atoms with E-state index in [4.69, 9.17) is 10.5 Å². The molecule has 1 unspecified atom stereocenters. The molecule has 8 nitrogen and oxygen atoms in total. The molecule has 8 heteroatoms. The van der Waals surface area contributed by atoms with Crippen LogP contribution in [0.15, 0.2) is 9.59 Å². The first-order valence-electron chi connectivity index (χ1n) is 5.48. The van der Waals surface area contributed by atoms with Crippen LogP contribution in [0.4, 0.5) is 5.82 Å². The molecule has 0 fully saturated rings. The van der Waals surface area contributed by atoms with E-state index in [2.05, 4.69) is 5.10 Å². The van der Waals surface area contributed by atoms with Gasteiger partial charge in [-0.05, 0) is 0 Å². The summed E-state index contributed by atoms with van der Waals surface area (Å²) in [5.41, 5.74) is 4.91. The van der Waals surface area contributed by atoms with Crippen LogP contribution in [-0.2, 0) is 18.8 Å². The summed E-state index contributed by atoms with van der Waals surface area (Å²) >= 11 is 0. The summed E-state index contributed by atoms with van der Waals surface area (Å²) in [7, 11) is 6.17. The van der Waals surface area contributed by atoms with Crippen molar-refractivity contribution in [2.24, 2.45) is 19.8 Å². The van der Waals surface area contributed by atoms with E-state index in [1.54, 1.807) is 19.1 Å². The molecule has 0 bridgehead atoms. The van der Waals surface area contributed by atoms with E-state index in [1.807, 2.05) is 0 Å². The van der Waals surface area contributed by atoms with Crippen LogP contribution in [-0.4, -0.2) is 47.7 Å². The van der Waals surface area contributed by atoms with Crippen LogP contribution in [0.25, 0.3) is 0 Å². The fourth-order valence-corrected chi connectivity index (χ4v) is 1.63. The van der Waals surface area contributed by atoms with E-state index in [1.165, 1.54) is 14.1 Å². The van der Waals surface area contributed by atoms with Gasteiger partial charge in [0.05, 0.1) is 6.61 Å². The maximum Gasteiger partial charge on any atom is 0.346 e. The molecule has 0 saturated carbocycles. The lowest BCUT2D eigenvalue weighted by Gasteiger charge is -2.21. The van der Waals surface area contributed by atoms with Crippen LogP contribution in [0, 0.1) is 0 Å². The summed E-state index contributed by atoms with van der Waals surface area (Å²) in [6, 6.07) is -0.233. The minimum Gasteiger partial charge on any atom is -0.383 e. The number of likely N-dealkylation sites (N-methyl/N-ethyl adjacent to an activating group) is 1. The second-order valence-corrected chi connectivity index (χ2v) is 4.19. The van der Waals surface area contributed by atoms with Crippen molar-refractivity contribution in [2.45, 2.75) is 6.04 Å². The fraction of sp³-hybridized carbons (Fsp3) is 0.700. The van der Waals surface area contributed by atoms with Crippen LogP contribution in [0.1, 0.15) is 0 Å². The number of nitrogens with two attached hydrogens (primary N) is 1. The lowest BCUT2D eigenvalue weighted by Crippen LogP contribution is -2.45. The van der Waals surface area contributed by atoms with Crippen molar-refractivity contribution in [2.75, 3.05) is 32.2 Å². The van der Waals surface area contributed by atoms with E-state index in [0.29, 0.717) is 13.2 Å². The van der Waals surface area contributed by atoms with Crippen LogP contribution >= 0.6 is 0 Å². The van der Waals surface area contributed by atoms with Crippen LogP contribution in [0.2, 0.25) is 0 Å². The van der Waals surface area contributed by atoms with Gasteiger partial charge < -0.3 is 15.4 Å². The van der Waals surface area contributed by atoms with Crippen LogP contribution in [0.3, 0.4) is 0 Å². The van der Waals surface area contributed by atoms with Crippen molar-refractivity contribution in [3.05, 3.63) is 20.8 Å². The topological polar surface area (TPSA) is 95.4 Å². The quantitative estimate of drug-likeness (QED) is 0.648. The Balaban J connectivity index is 3.04. The first-order chi connectivity index (χ1) is 8.38. The van der Waals surface area contributed by atoms with Gasteiger partial charge >= 0.3 is 5.69 Å². The molecule has 102 valence electrons. The van der Waals surface area contributed by atoms with Gasteiger partial charge in [-0.3, -0.25) is 9.36 Å². The fourth-order valence-electron chi connectivity index (χ4n) is 1.63. The smallest absolute Gasteiger partial charge is 0.346 e. The van der Waals surface area contributed by atoms with Crippen molar-refractivity contribution in [3.8, 4) is 0 Å². The summed E-state index contributed by atoms with van der Waals surface area (Å²) in [5, 5.41) is 3.95. The maximum absolute atomic E-state index is 11.9. The number of nitrogens with zero attached hydrogens (tertiary/aromatic N) is 4. The van der Waals surface area contributed by atoms with E-state index >= 15 is 0 Å². The molecule has 0 saturated heterocycles. The third-order valence-corrected chi connectivity index (χ3v) is 2.56. The lowest BCUT2D eigenvalue weighted by molar-refractivity contribution is 0.181. The zero-order valence-corrected chi connectivity index (χ0v) is 11.1. The number of rotatable bonds is 5. The molecule has 0 aliphatic carbocycles. The molecule has 2 N–H and O–H groups in total. The van der Waals surface area contributed by atoms with E-state index in [-0.39, 0.29) is 11.9 Å². The molecule has 0 amide bonds. The second-order valence-electron chi connectivity index (χ2n) is 4.19. The Bertz CT molecular complexity index is 521. The van der Waals surface area contributed by atoms with E-state index in [9.17, 15) is 9.59 Å². The highest BCUT2D eigenvalue weighted by molar-refractivity contribution is 5.33. The number of ether oxygens (including phenoxy) is 1. The van der Waals surface area contributed by atoms with Crippen molar-refractivity contribution >= 4 is 5.82 Å². The highest BCUT2D eigenvalue weighted by Crippen LogP contribution is 1.99. The number of aryl methyl sites for hydroxylation is 1. The molecule has 0 radical (unpaired) electrons. The summed E-state index contributed by atoms with van der Waals surface area (Å²) in [6.07, 6.45) is 0. The minimum absolute atomic E-state index is 0.186. The van der Waals surface area contributed by atoms with Gasteiger partial charge in [0.15, 0.2) is 0 Å². The zero-order valence-electron chi connectivity index (χ0n) is 11.1. The first kappa shape index (κ1) is 14.4. The maximum atomic E-state index is 11.9. The highest BCUT2D eigenvalue weighted by atomic mass is 16.5. The largest absolute Gasteiger partial charge is 0.383 e. The average molecular weight is 257 g/mol. The third kappa shape index (κ3) is 2.96. The van der Waals surface area contributed by atoms with Gasteiger partial charge in [0, 0.05) is 40.8 Å². The predicted octanol–water partition coefficient (Wildman–Crippen LogP) is -2.11. The van der Waals surface area contributed by atoms with Gasteiger partial charge in [-0.25, -0.2) is 9.48 Å². The standard InChI is InChI=1S/C10H19N5O3/c1-13(5-7(11)6-18-4)8-9(16)14(2)10(17)15(3)12-8/h7H,5-6,11H2,1-4H3. The second kappa shape index (κ2) is 5.78. The number of hydrogen-bond donors (Lipinski definition) is 1. The normalized spacial score (nSPS) is 12.5.